The maximum Gasteiger partial charge on any atom is 0.276 e. The Morgan fingerprint density at radius 3 is 2.83 bits per heavy atom. The van der Waals surface area contributed by atoms with Crippen LogP contribution in [-0.4, -0.2) is 56.1 Å². The highest BCUT2D eigenvalue weighted by molar-refractivity contribution is 5.92. The van der Waals surface area contributed by atoms with Crippen LogP contribution in [0, 0.1) is 5.92 Å². The first kappa shape index (κ1) is 13.0. The number of amides is 1. The Morgan fingerprint density at radius 2 is 2.28 bits per heavy atom. The summed E-state index contributed by atoms with van der Waals surface area (Å²) in [4.78, 5) is 13.6. The molecule has 18 heavy (non-hydrogen) atoms. The lowest BCUT2D eigenvalue weighted by Crippen LogP contribution is -2.66. The molecule has 0 atom stereocenters. The lowest BCUT2D eigenvalue weighted by atomic mass is 9.83. The third-order valence-electron chi connectivity index (χ3n) is 3.41. The predicted molar refractivity (Wildman–Crippen MR) is 64.8 cm³/mol. The SMILES string of the molecule is CC(C)C1(O)CN(C(=O)c2cn(CCN)nn2)C1. The highest BCUT2D eigenvalue weighted by Gasteiger charge is 2.46. The molecule has 1 saturated heterocycles. The number of hydrogen-bond donors (Lipinski definition) is 2. The van der Waals surface area contributed by atoms with E-state index in [-0.39, 0.29) is 11.8 Å². The van der Waals surface area contributed by atoms with Gasteiger partial charge in [0.15, 0.2) is 5.69 Å². The summed E-state index contributed by atoms with van der Waals surface area (Å²) in [6.07, 6.45) is 1.59. The number of nitrogens with zero attached hydrogens (tertiary/aromatic N) is 4. The fourth-order valence-corrected chi connectivity index (χ4v) is 1.92. The third-order valence-corrected chi connectivity index (χ3v) is 3.41. The van der Waals surface area contributed by atoms with Crippen molar-refractivity contribution in [2.75, 3.05) is 19.6 Å². The van der Waals surface area contributed by atoms with E-state index in [1.807, 2.05) is 13.8 Å². The molecule has 1 fully saturated rings. The molecular weight excluding hydrogens is 234 g/mol. The first-order chi connectivity index (χ1) is 8.46. The van der Waals surface area contributed by atoms with Crippen molar-refractivity contribution < 1.29 is 9.90 Å². The molecule has 1 aromatic rings. The molecule has 1 aliphatic heterocycles. The Kier molecular flexibility index (Phi) is 3.36. The van der Waals surface area contributed by atoms with Crippen molar-refractivity contribution in [3.63, 3.8) is 0 Å². The summed E-state index contributed by atoms with van der Waals surface area (Å²) in [5.41, 5.74) is 4.93. The summed E-state index contributed by atoms with van der Waals surface area (Å²) >= 11 is 0. The van der Waals surface area contributed by atoms with Gasteiger partial charge in [-0.25, -0.2) is 0 Å². The lowest BCUT2D eigenvalue weighted by molar-refractivity contribution is -0.111. The van der Waals surface area contributed by atoms with Crippen LogP contribution in [0.4, 0.5) is 0 Å². The monoisotopic (exact) mass is 253 g/mol. The number of hydrogen-bond acceptors (Lipinski definition) is 5. The smallest absolute Gasteiger partial charge is 0.276 e. The summed E-state index contributed by atoms with van der Waals surface area (Å²) in [6, 6.07) is 0. The van der Waals surface area contributed by atoms with Crippen molar-refractivity contribution in [2.45, 2.75) is 26.0 Å². The van der Waals surface area contributed by atoms with Gasteiger partial charge < -0.3 is 15.7 Å². The number of rotatable bonds is 4. The Labute approximate surface area is 106 Å². The van der Waals surface area contributed by atoms with Crippen molar-refractivity contribution >= 4 is 5.91 Å². The van der Waals surface area contributed by atoms with E-state index in [4.69, 9.17) is 5.73 Å². The number of aliphatic hydroxyl groups is 1. The molecular formula is C11H19N5O2. The fourth-order valence-electron chi connectivity index (χ4n) is 1.92. The molecule has 0 unspecified atom stereocenters. The van der Waals surface area contributed by atoms with E-state index in [1.54, 1.807) is 15.8 Å². The van der Waals surface area contributed by atoms with Gasteiger partial charge in [0, 0.05) is 6.54 Å². The van der Waals surface area contributed by atoms with Crippen LogP contribution >= 0.6 is 0 Å². The summed E-state index contributed by atoms with van der Waals surface area (Å²) in [5, 5.41) is 17.7. The zero-order valence-electron chi connectivity index (χ0n) is 10.7. The molecule has 0 saturated carbocycles. The van der Waals surface area contributed by atoms with Gasteiger partial charge in [-0.1, -0.05) is 19.1 Å². The van der Waals surface area contributed by atoms with E-state index in [0.29, 0.717) is 31.9 Å². The minimum Gasteiger partial charge on any atom is -0.386 e. The van der Waals surface area contributed by atoms with E-state index < -0.39 is 5.60 Å². The Morgan fingerprint density at radius 1 is 1.61 bits per heavy atom. The van der Waals surface area contributed by atoms with E-state index in [0.717, 1.165) is 0 Å². The van der Waals surface area contributed by atoms with Crippen molar-refractivity contribution in [2.24, 2.45) is 11.7 Å². The van der Waals surface area contributed by atoms with Crippen LogP contribution in [0.3, 0.4) is 0 Å². The van der Waals surface area contributed by atoms with Crippen LogP contribution in [0.5, 0.6) is 0 Å². The molecule has 3 N–H and O–H groups in total. The van der Waals surface area contributed by atoms with Crippen LogP contribution in [0.1, 0.15) is 24.3 Å². The summed E-state index contributed by atoms with van der Waals surface area (Å²) in [6.45, 7) is 5.59. The molecule has 0 aromatic carbocycles. The van der Waals surface area contributed by atoms with Crippen LogP contribution in [-0.2, 0) is 6.54 Å². The summed E-state index contributed by atoms with van der Waals surface area (Å²) in [7, 11) is 0. The zero-order valence-corrected chi connectivity index (χ0v) is 10.7. The van der Waals surface area contributed by atoms with Gasteiger partial charge in [0.25, 0.3) is 5.91 Å². The highest BCUT2D eigenvalue weighted by Crippen LogP contribution is 2.29. The molecule has 7 heteroatoms. The third kappa shape index (κ3) is 2.23. The molecule has 0 bridgehead atoms. The molecule has 1 aliphatic rings. The topological polar surface area (TPSA) is 97.3 Å². The average Bonchev–Trinajstić information content (AvgIpc) is 2.72. The number of nitrogens with two attached hydrogens (primary N) is 1. The number of aromatic nitrogens is 3. The standard InChI is InChI=1S/C11H19N5O2/c1-8(2)11(18)6-15(7-11)10(17)9-5-16(4-3-12)14-13-9/h5,8,18H,3-4,6-7,12H2,1-2H3. The summed E-state index contributed by atoms with van der Waals surface area (Å²) < 4.78 is 1.54. The highest BCUT2D eigenvalue weighted by atomic mass is 16.3. The van der Waals surface area contributed by atoms with Crippen LogP contribution in [0.25, 0.3) is 0 Å². The van der Waals surface area contributed by atoms with E-state index in [1.165, 1.54) is 0 Å². The Hall–Kier alpha value is -1.47. The Bertz CT molecular complexity index is 436. The van der Waals surface area contributed by atoms with Crippen molar-refractivity contribution in [3.05, 3.63) is 11.9 Å². The van der Waals surface area contributed by atoms with Gasteiger partial charge in [0.05, 0.1) is 25.8 Å². The van der Waals surface area contributed by atoms with Gasteiger partial charge in [-0.2, -0.15) is 0 Å². The molecule has 2 heterocycles. The summed E-state index contributed by atoms with van der Waals surface area (Å²) in [5.74, 6) is -0.0573. The molecule has 0 aliphatic carbocycles. The van der Waals surface area contributed by atoms with Gasteiger partial charge in [0.1, 0.15) is 5.60 Å². The second kappa shape index (κ2) is 4.66. The van der Waals surface area contributed by atoms with Crippen molar-refractivity contribution in [1.82, 2.24) is 19.9 Å². The van der Waals surface area contributed by atoms with Gasteiger partial charge in [-0.05, 0) is 5.92 Å². The van der Waals surface area contributed by atoms with Crippen LogP contribution < -0.4 is 5.73 Å². The lowest BCUT2D eigenvalue weighted by Gasteiger charge is -2.48. The molecule has 100 valence electrons. The number of likely N-dealkylation sites (tertiary alicyclic amines) is 1. The molecule has 1 aromatic heterocycles. The molecule has 1 amide bonds. The quantitative estimate of drug-likeness (QED) is 0.723. The van der Waals surface area contributed by atoms with Crippen molar-refractivity contribution in [1.29, 1.82) is 0 Å². The first-order valence-electron chi connectivity index (χ1n) is 6.08. The number of carbonyl (C=O) groups is 1. The average molecular weight is 253 g/mol. The fraction of sp³-hybridized carbons (Fsp3) is 0.727. The second-order valence-corrected chi connectivity index (χ2v) is 5.08. The minimum atomic E-state index is -0.761. The maximum atomic E-state index is 12.0. The minimum absolute atomic E-state index is 0.134. The van der Waals surface area contributed by atoms with E-state index in [9.17, 15) is 9.90 Å². The first-order valence-corrected chi connectivity index (χ1v) is 6.08. The second-order valence-electron chi connectivity index (χ2n) is 5.08. The zero-order chi connectivity index (χ0) is 13.3. The Balaban J connectivity index is 1.97. The van der Waals surface area contributed by atoms with E-state index >= 15 is 0 Å². The van der Waals surface area contributed by atoms with Gasteiger partial charge in [0.2, 0.25) is 0 Å². The van der Waals surface area contributed by atoms with Gasteiger partial charge >= 0.3 is 0 Å². The molecule has 0 radical (unpaired) electrons. The number of β-amino-alcohol motifs (C(OH)–C–C–N with tert-alkyl or cyclic N) is 1. The number of carbonyl (C=O) groups excluding carboxylic acids is 1. The van der Waals surface area contributed by atoms with E-state index in [2.05, 4.69) is 10.3 Å². The normalized spacial score (nSPS) is 17.9. The largest absolute Gasteiger partial charge is 0.386 e. The molecule has 2 rings (SSSR count). The van der Waals surface area contributed by atoms with Crippen molar-refractivity contribution in [3.8, 4) is 0 Å². The van der Waals surface area contributed by atoms with Gasteiger partial charge in [-0.15, -0.1) is 5.10 Å². The van der Waals surface area contributed by atoms with Crippen LogP contribution in [0.15, 0.2) is 6.20 Å². The predicted octanol–water partition coefficient (Wildman–Crippen LogP) is -0.920. The molecule has 0 spiro atoms. The maximum absolute atomic E-state index is 12.0. The van der Waals surface area contributed by atoms with Crippen LogP contribution in [0.2, 0.25) is 0 Å². The van der Waals surface area contributed by atoms with Gasteiger partial charge in [-0.3, -0.25) is 9.48 Å². The molecule has 7 nitrogen and oxygen atoms in total.